The largest absolute Gasteiger partial charge is 0.344 e. The molecule has 2 aliphatic rings. The van der Waals surface area contributed by atoms with Crippen LogP contribution in [0.3, 0.4) is 0 Å². The molecule has 2 amide bonds. The molecule has 0 spiro atoms. The third-order valence-corrected chi connectivity index (χ3v) is 4.45. The van der Waals surface area contributed by atoms with Gasteiger partial charge in [0.2, 0.25) is 11.8 Å². The fourth-order valence-corrected chi connectivity index (χ4v) is 2.96. The predicted molar refractivity (Wildman–Crippen MR) is 73.7 cm³/mol. The van der Waals surface area contributed by atoms with Gasteiger partial charge >= 0.3 is 0 Å². The lowest BCUT2D eigenvalue weighted by Gasteiger charge is -2.43. The van der Waals surface area contributed by atoms with Crippen LogP contribution < -0.4 is 5.32 Å². The van der Waals surface area contributed by atoms with Crippen LogP contribution in [0.1, 0.15) is 39.5 Å². The van der Waals surface area contributed by atoms with Crippen molar-refractivity contribution in [1.82, 2.24) is 15.1 Å². The van der Waals surface area contributed by atoms with Crippen LogP contribution in [0.5, 0.6) is 0 Å². The lowest BCUT2D eigenvalue weighted by molar-refractivity contribution is -0.139. The smallest absolute Gasteiger partial charge is 0.245 e. The fourth-order valence-electron chi connectivity index (χ4n) is 2.96. The maximum atomic E-state index is 12.5. The van der Waals surface area contributed by atoms with E-state index in [4.69, 9.17) is 0 Å². The maximum Gasteiger partial charge on any atom is 0.245 e. The van der Waals surface area contributed by atoms with E-state index in [2.05, 4.69) is 31.1 Å². The molecule has 1 N–H and O–H groups in total. The van der Waals surface area contributed by atoms with Gasteiger partial charge in [-0.05, 0) is 33.7 Å². The summed E-state index contributed by atoms with van der Waals surface area (Å²) in [7, 11) is 2.10. The molecule has 2 heterocycles. The molecule has 0 unspecified atom stereocenters. The van der Waals surface area contributed by atoms with Gasteiger partial charge in [-0.1, -0.05) is 6.42 Å². The Kier molecular flexibility index (Phi) is 4.45. The van der Waals surface area contributed by atoms with E-state index in [-0.39, 0.29) is 17.9 Å². The van der Waals surface area contributed by atoms with Crippen molar-refractivity contribution < 1.29 is 9.59 Å². The molecular weight excluding hydrogens is 242 g/mol. The van der Waals surface area contributed by atoms with Gasteiger partial charge in [-0.25, -0.2) is 0 Å². The zero-order valence-corrected chi connectivity index (χ0v) is 12.2. The van der Waals surface area contributed by atoms with Gasteiger partial charge in [-0.2, -0.15) is 0 Å². The standard InChI is InChI=1S/C14H25N3O2/c1-10-8-17(9-11(2)16(10)3)14(19)12-6-4-5-7-13(18)15-12/h10-12H,4-9H2,1-3H3,(H,15,18)/t10-,11+,12-/m1/s1. The van der Waals surface area contributed by atoms with Crippen molar-refractivity contribution in [1.29, 1.82) is 0 Å². The minimum atomic E-state index is -0.308. The van der Waals surface area contributed by atoms with Crippen LogP contribution in [0.2, 0.25) is 0 Å². The number of piperazine rings is 1. The number of hydrogen-bond donors (Lipinski definition) is 1. The number of rotatable bonds is 1. The Morgan fingerprint density at radius 2 is 1.84 bits per heavy atom. The molecule has 2 fully saturated rings. The molecule has 0 radical (unpaired) electrons. The lowest BCUT2D eigenvalue weighted by Crippen LogP contribution is -2.59. The molecule has 0 bridgehead atoms. The van der Waals surface area contributed by atoms with Crippen molar-refractivity contribution in [3.8, 4) is 0 Å². The van der Waals surface area contributed by atoms with E-state index in [9.17, 15) is 9.59 Å². The first-order valence-electron chi connectivity index (χ1n) is 7.29. The molecule has 5 nitrogen and oxygen atoms in total. The molecule has 0 aromatic carbocycles. The average Bonchev–Trinajstić information content (AvgIpc) is 2.59. The van der Waals surface area contributed by atoms with Crippen molar-refractivity contribution in [3.63, 3.8) is 0 Å². The zero-order valence-electron chi connectivity index (χ0n) is 12.2. The van der Waals surface area contributed by atoms with Crippen LogP contribution in [-0.4, -0.2) is 59.9 Å². The van der Waals surface area contributed by atoms with Crippen LogP contribution in [0, 0.1) is 0 Å². The van der Waals surface area contributed by atoms with Crippen molar-refractivity contribution in [2.75, 3.05) is 20.1 Å². The second kappa shape index (κ2) is 5.90. The molecule has 2 saturated heterocycles. The summed E-state index contributed by atoms with van der Waals surface area (Å²) in [5.41, 5.74) is 0. The molecule has 108 valence electrons. The molecule has 0 saturated carbocycles. The Morgan fingerprint density at radius 3 is 2.47 bits per heavy atom. The lowest BCUT2D eigenvalue weighted by atomic mass is 10.1. The van der Waals surface area contributed by atoms with E-state index < -0.39 is 0 Å². The number of nitrogens with one attached hydrogen (secondary N) is 1. The van der Waals surface area contributed by atoms with Gasteiger partial charge in [0.05, 0.1) is 0 Å². The number of carbonyl (C=O) groups excluding carboxylic acids is 2. The van der Waals surface area contributed by atoms with Crippen LogP contribution in [-0.2, 0) is 9.59 Å². The Labute approximate surface area is 115 Å². The average molecular weight is 267 g/mol. The number of carbonyl (C=O) groups is 2. The third kappa shape index (κ3) is 3.26. The number of nitrogens with zero attached hydrogens (tertiary/aromatic N) is 2. The van der Waals surface area contributed by atoms with E-state index in [0.717, 1.165) is 32.4 Å². The Bertz CT molecular complexity index is 347. The summed E-state index contributed by atoms with van der Waals surface area (Å²) < 4.78 is 0. The highest BCUT2D eigenvalue weighted by Gasteiger charge is 2.33. The number of likely N-dealkylation sites (N-methyl/N-ethyl adjacent to an activating group) is 1. The van der Waals surface area contributed by atoms with E-state index in [1.165, 1.54) is 0 Å². The summed E-state index contributed by atoms with van der Waals surface area (Å²) in [5, 5.41) is 2.87. The summed E-state index contributed by atoms with van der Waals surface area (Å²) in [6.45, 7) is 5.79. The van der Waals surface area contributed by atoms with E-state index in [1.54, 1.807) is 0 Å². The highest BCUT2D eigenvalue weighted by molar-refractivity contribution is 5.88. The van der Waals surface area contributed by atoms with E-state index in [1.807, 2.05) is 4.90 Å². The van der Waals surface area contributed by atoms with E-state index >= 15 is 0 Å². The molecule has 2 rings (SSSR count). The van der Waals surface area contributed by atoms with Crippen molar-refractivity contribution in [3.05, 3.63) is 0 Å². The maximum absolute atomic E-state index is 12.5. The summed E-state index contributed by atoms with van der Waals surface area (Å²) >= 11 is 0. The van der Waals surface area contributed by atoms with Gasteiger partial charge in [0, 0.05) is 31.6 Å². The molecule has 19 heavy (non-hydrogen) atoms. The first-order chi connectivity index (χ1) is 8.99. The van der Waals surface area contributed by atoms with Crippen molar-refractivity contribution >= 4 is 11.8 Å². The molecule has 0 aliphatic carbocycles. The van der Waals surface area contributed by atoms with Gasteiger partial charge in [-0.3, -0.25) is 14.5 Å². The quantitative estimate of drug-likeness (QED) is 0.757. The highest BCUT2D eigenvalue weighted by Crippen LogP contribution is 2.17. The topological polar surface area (TPSA) is 52.7 Å². The fraction of sp³-hybridized carbons (Fsp3) is 0.857. The summed E-state index contributed by atoms with van der Waals surface area (Å²) in [6, 6.07) is 0.432. The zero-order chi connectivity index (χ0) is 14.0. The van der Waals surface area contributed by atoms with Crippen LogP contribution in [0.15, 0.2) is 0 Å². The summed E-state index contributed by atoms with van der Waals surface area (Å²) in [4.78, 5) is 28.3. The molecule has 2 aliphatic heterocycles. The predicted octanol–water partition coefficient (Wildman–Crippen LogP) is 0.596. The third-order valence-electron chi connectivity index (χ3n) is 4.45. The second-order valence-corrected chi connectivity index (χ2v) is 5.97. The molecular formula is C14H25N3O2. The Hall–Kier alpha value is -1.10. The minimum Gasteiger partial charge on any atom is -0.344 e. The molecule has 3 atom stereocenters. The normalized spacial score (nSPS) is 33.7. The van der Waals surface area contributed by atoms with Crippen LogP contribution in [0.25, 0.3) is 0 Å². The molecule has 5 heteroatoms. The number of hydrogen-bond acceptors (Lipinski definition) is 3. The van der Waals surface area contributed by atoms with Gasteiger partial charge in [-0.15, -0.1) is 0 Å². The SMILES string of the molecule is C[C@@H]1CN(C(=O)[C@H]2CCCCC(=O)N2)C[C@H](C)N1C. The van der Waals surface area contributed by atoms with Gasteiger partial charge in [0.15, 0.2) is 0 Å². The van der Waals surface area contributed by atoms with Crippen LogP contribution >= 0.6 is 0 Å². The van der Waals surface area contributed by atoms with Crippen molar-refractivity contribution in [2.45, 2.75) is 57.7 Å². The minimum absolute atomic E-state index is 0.0195. The van der Waals surface area contributed by atoms with Crippen molar-refractivity contribution in [2.24, 2.45) is 0 Å². The van der Waals surface area contributed by atoms with Gasteiger partial charge in [0.25, 0.3) is 0 Å². The highest BCUT2D eigenvalue weighted by atomic mass is 16.2. The Morgan fingerprint density at radius 1 is 1.21 bits per heavy atom. The monoisotopic (exact) mass is 267 g/mol. The molecule has 0 aromatic rings. The second-order valence-electron chi connectivity index (χ2n) is 5.97. The number of amides is 2. The Balaban J connectivity index is 2.00. The summed E-state index contributed by atoms with van der Waals surface area (Å²) in [6.07, 6.45) is 3.18. The van der Waals surface area contributed by atoms with Gasteiger partial charge < -0.3 is 10.2 Å². The first-order valence-corrected chi connectivity index (χ1v) is 7.29. The van der Waals surface area contributed by atoms with Crippen LogP contribution in [0.4, 0.5) is 0 Å². The first kappa shape index (κ1) is 14.3. The van der Waals surface area contributed by atoms with E-state index in [0.29, 0.717) is 18.5 Å². The molecule has 0 aromatic heterocycles. The summed E-state index contributed by atoms with van der Waals surface area (Å²) in [5.74, 6) is 0.119. The van der Waals surface area contributed by atoms with Gasteiger partial charge in [0.1, 0.15) is 6.04 Å².